The molecule has 0 amide bonds. The third-order valence-electron chi connectivity index (χ3n) is 3.93. The molecule has 1 aromatic carbocycles. The van der Waals surface area contributed by atoms with Gasteiger partial charge in [-0.15, -0.1) is 0 Å². The summed E-state index contributed by atoms with van der Waals surface area (Å²) in [5, 5.41) is 4.14. The van der Waals surface area contributed by atoms with Crippen LogP contribution in [0.1, 0.15) is 35.2 Å². The van der Waals surface area contributed by atoms with Gasteiger partial charge in [-0.05, 0) is 24.0 Å². The van der Waals surface area contributed by atoms with Gasteiger partial charge in [-0.1, -0.05) is 29.4 Å². The molecule has 5 heteroatoms. The zero-order valence-corrected chi connectivity index (χ0v) is 11.6. The minimum Gasteiger partial charge on any atom is -0.380 e. The van der Waals surface area contributed by atoms with Crippen molar-refractivity contribution in [3.8, 4) is 0 Å². The lowest BCUT2D eigenvalue weighted by Crippen LogP contribution is -2.24. The number of aromatic nitrogens is 2. The lowest BCUT2D eigenvalue weighted by Gasteiger charge is -2.08. The van der Waals surface area contributed by atoms with E-state index in [4.69, 9.17) is 15.0 Å². The fraction of sp³-hybridized carbons (Fsp3) is 0.467. The number of fused-ring (bicyclic) bond motifs is 1. The van der Waals surface area contributed by atoms with E-state index in [2.05, 4.69) is 34.4 Å². The molecule has 106 valence electrons. The molecule has 20 heavy (non-hydrogen) atoms. The summed E-state index contributed by atoms with van der Waals surface area (Å²) in [7, 11) is 1.64. The van der Waals surface area contributed by atoms with Gasteiger partial charge >= 0.3 is 0 Å². The molecule has 2 N–H and O–H groups in total. The van der Waals surface area contributed by atoms with Crippen molar-refractivity contribution in [3.05, 3.63) is 47.1 Å². The number of ether oxygens (including phenoxy) is 1. The van der Waals surface area contributed by atoms with Crippen LogP contribution in [0.5, 0.6) is 0 Å². The fourth-order valence-corrected chi connectivity index (χ4v) is 2.78. The van der Waals surface area contributed by atoms with Crippen molar-refractivity contribution < 1.29 is 9.26 Å². The van der Waals surface area contributed by atoms with E-state index >= 15 is 0 Å². The van der Waals surface area contributed by atoms with Crippen molar-refractivity contribution in [1.82, 2.24) is 10.1 Å². The summed E-state index contributed by atoms with van der Waals surface area (Å²) in [5.74, 6) is 1.63. The van der Waals surface area contributed by atoms with Crippen LogP contribution >= 0.6 is 0 Å². The molecule has 1 aromatic heterocycles. The third kappa shape index (κ3) is 2.46. The molecule has 0 radical (unpaired) electrons. The predicted octanol–water partition coefficient (Wildman–Crippen LogP) is 1.66. The van der Waals surface area contributed by atoms with Crippen molar-refractivity contribution in [2.45, 2.75) is 31.3 Å². The Morgan fingerprint density at radius 1 is 1.45 bits per heavy atom. The zero-order valence-electron chi connectivity index (χ0n) is 11.6. The average Bonchev–Trinajstić information content (AvgIpc) is 3.11. The molecule has 3 rings (SSSR count). The highest BCUT2D eigenvalue weighted by atomic mass is 16.5. The Labute approximate surface area is 118 Å². The normalized spacial score (nSPS) is 19.0. The van der Waals surface area contributed by atoms with Crippen LogP contribution in [-0.2, 0) is 17.6 Å². The number of nitrogens with zero attached hydrogens (tertiary/aromatic N) is 2. The first-order chi connectivity index (χ1) is 9.81. The monoisotopic (exact) mass is 273 g/mol. The van der Waals surface area contributed by atoms with Gasteiger partial charge in [0.1, 0.15) is 0 Å². The van der Waals surface area contributed by atoms with Gasteiger partial charge in [-0.25, -0.2) is 0 Å². The van der Waals surface area contributed by atoms with Gasteiger partial charge in [0.15, 0.2) is 5.82 Å². The van der Waals surface area contributed by atoms with Crippen LogP contribution < -0.4 is 5.73 Å². The molecule has 5 nitrogen and oxygen atoms in total. The summed E-state index contributed by atoms with van der Waals surface area (Å²) in [6.45, 7) is 0.445. The first kappa shape index (κ1) is 13.3. The van der Waals surface area contributed by atoms with E-state index in [0.717, 1.165) is 18.7 Å². The average molecular weight is 273 g/mol. The molecule has 0 spiro atoms. The molecule has 0 saturated carbocycles. The molecule has 0 fully saturated rings. The van der Waals surface area contributed by atoms with E-state index in [-0.39, 0.29) is 12.0 Å². The minimum absolute atomic E-state index is 0.0702. The van der Waals surface area contributed by atoms with Crippen LogP contribution in [0, 0.1) is 0 Å². The van der Waals surface area contributed by atoms with Gasteiger partial charge in [0.05, 0.1) is 12.5 Å². The Balaban J connectivity index is 1.78. The number of nitrogens with two attached hydrogens (primary N) is 1. The Morgan fingerprint density at radius 3 is 3.10 bits per heavy atom. The van der Waals surface area contributed by atoms with Crippen LogP contribution in [0.25, 0.3) is 0 Å². The molecule has 0 saturated heterocycles. The van der Waals surface area contributed by atoms with Gasteiger partial charge in [0, 0.05) is 19.6 Å². The largest absolute Gasteiger partial charge is 0.380 e. The van der Waals surface area contributed by atoms with Crippen molar-refractivity contribution in [2.24, 2.45) is 5.73 Å². The Kier molecular flexibility index (Phi) is 3.80. The van der Waals surface area contributed by atoms with Crippen molar-refractivity contribution in [1.29, 1.82) is 0 Å². The van der Waals surface area contributed by atoms with E-state index in [1.165, 1.54) is 11.1 Å². The summed E-state index contributed by atoms with van der Waals surface area (Å²) < 4.78 is 10.6. The van der Waals surface area contributed by atoms with E-state index in [1.54, 1.807) is 7.11 Å². The lowest BCUT2D eigenvalue weighted by molar-refractivity contribution is 0.102. The molecular weight excluding hydrogens is 254 g/mol. The molecular formula is C15H19N3O2. The predicted molar refractivity (Wildman–Crippen MR) is 74.5 cm³/mol. The number of benzene rings is 1. The second kappa shape index (κ2) is 5.73. The van der Waals surface area contributed by atoms with Gasteiger partial charge in [-0.3, -0.25) is 0 Å². The Hall–Kier alpha value is -1.72. The highest BCUT2D eigenvalue weighted by Gasteiger charge is 2.27. The number of rotatable bonds is 5. The first-order valence-corrected chi connectivity index (χ1v) is 6.95. The van der Waals surface area contributed by atoms with Gasteiger partial charge in [-0.2, -0.15) is 4.98 Å². The van der Waals surface area contributed by atoms with Crippen LogP contribution in [0.3, 0.4) is 0 Å². The summed E-state index contributed by atoms with van der Waals surface area (Å²) in [6.07, 6.45) is 2.62. The third-order valence-corrected chi connectivity index (χ3v) is 3.93. The Bertz CT molecular complexity index is 578. The highest BCUT2D eigenvalue weighted by Crippen LogP contribution is 2.36. The minimum atomic E-state index is -0.0702. The molecule has 2 unspecified atom stereocenters. The van der Waals surface area contributed by atoms with Gasteiger partial charge < -0.3 is 15.0 Å². The van der Waals surface area contributed by atoms with Crippen LogP contribution in [-0.4, -0.2) is 29.9 Å². The van der Waals surface area contributed by atoms with Crippen LogP contribution in [0.15, 0.2) is 28.8 Å². The van der Waals surface area contributed by atoms with E-state index in [9.17, 15) is 0 Å². The number of hydrogen-bond donors (Lipinski definition) is 1. The number of aryl methyl sites for hydroxylation is 1. The summed E-state index contributed by atoms with van der Waals surface area (Å²) in [6, 6.07) is 8.47. The standard InChI is InChI=1S/C15H19N3O2/c1-19-11(9-16)8-14-17-15(18-20-14)13-7-6-10-4-2-3-5-12(10)13/h2-5,11,13H,6-9,16H2,1H3. The molecule has 1 aliphatic carbocycles. The van der Waals surface area contributed by atoms with Gasteiger partial charge in [0.25, 0.3) is 0 Å². The highest BCUT2D eigenvalue weighted by molar-refractivity contribution is 5.38. The molecule has 2 atom stereocenters. The zero-order chi connectivity index (χ0) is 13.9. The molecule has 0 bridgehead atoms. The number of methoxy groups -OCH3 is 1. The second-order valence-electron chi connectivity index (χ2n) is 5.13. The smallest absolute Gasteiger partial charge is 0.229 e. The maximum absolute atomic E-state index is 5.61. The van der Waals surface area contributed by atoms with Crippen molar-refractivity contribution >= 4 is 0 Å². The van der Waals surface area contributed by atoms with E-state index in [1.807, 2.05) is 0 Å². The number of hydrogen-bond acceptors (Lipinski definition) is 5. The molecule has 1 heterocycles. The van der Waals surface area contributed by atoms with Crippen molar-refractivity contribution in [2.75, 3.05) is 13.7 Å². The second-order valence-corrected chi connectivity index (χ2v) is 5.13. The fourth-order valence-electron chi connectivity index (χ4n) is 2.78. The topological polar surface area (TPSA) is 74.2 Å². The first-order valence-electron chi connectivity index (χ1n) is 6.95. The molecule has 1 aliphatic rings. The van der Waals surface area contributed by atoms with Crippen LogP contribution in [0.4, 0.5) is 0 Å². The quantitative estimate of drug-likeness (QED) is 0.897. The van der Waals surface area contributed by atoms with E-state index < -0.39 is 0 Å². The van der Waals surface area contributed by atoms with Gasteiger partial charge in [0.2, 0.25) is 5.89 Å². The SMILES string of the molecule is COC(CN)Cc1nc(C2CCc3ccccc32)no1. The van der Waals surface area contributed by atoms with E-state index in [0.29, 0.717) is 18.9 Å². The Morgan fingerprint density at radius 2 is 2.30 bits per heavy atom. The molecule has 0 aliphatic heterocycles. The maximum atomic E-state index is 5.61. The molecule has 2 aromatic rings. The summed E-state index contributed by atoms with van der Waals surface area (Å²) >= 11 is 0. The van der Waals surface area contributed by atoms with Crippen molar-refractivity contribution in [3.63, 3.8) is 0 Å². The summed E-state index contributed by atoms with van der Waals surface area (Å²) in [5.41, 5.74) is 8.32. The lowest BCUT2D eigenvalue weighted by atomic mass is 10.0. The summed E-state index contributed by atoms with van der Waals surface area (Å²) in [4.78, 5) is 4.51. The maximum Gasteiger partial charge on any atom is 0.229 e. The van der Waals surface area contributed by atoms with Crippen LogP contribution in [0.2, 0.25) is 0 Å².